The quantitative estimate of drug-likeness (QED) is 0.803. The van der Waals surface area contributed by atoms with Gasteiger partial charge in [-0.2, -0.15) is 0 Å². The van der Waals surface area contributed by atoms with Crippen molar-refractivity contribution in [2.75, 3.05) is 0 Å². The molecule has 1 aromatic rings. The summed E-state index contributed by atoms with van der Waals surface area (Å²) in [6.07, 6.45) is 0.500. The van der Waals surface area contributed by atoms with E-state index in [1.165, 1.54) is 0 Å². The molecule has 0 radical (unpaired) electrons. The third-order valence-corrected chi connectivity index (χ3v) is 2.99. The summed E-state index contributed by atoms with van der Waals surface area (Å²) in [4.78, 5) is 22.1. The Bertz CT molecular complexity index is 403. The van der Waals surface area contributed by atoms with Gasteiger partial charge >= 0.3 is 5.97 Å². The molecule has 0 saturated carbocycles. The Morgan fingerprint density at radius 3 is 2.47 bits per heavy atom. The lowest BCUT2D eigenvalue weighted by Gasteiger charge is -2.12. The summed E-state index contributed by atoms with van der Waals surface area (Å²) < 4.78 is 1.07. The fourth-order valence-corrected chi connectivity index (χ4v) is 1.68. The minimum absolute atomic E-state index is 0.0636. The lowest BCUT2D eigenvalue weighted by molar-refractivity contribution is -0.137. The van der Waals surface area contributed by atoms with Crippen LogP contribution in [0.1, 0.15) is 30.1 Å². The van der Waals surface area contributed by atoms with Crippen molar-refractivity contribution < 1.29 is 14.7 Å². The largest absolute Gasteiger partial charge is 0.481 e. The molecule has 5 heteroatoms. The van der Waals surface area contributed by atoms with Gasteiger partial charge in [0.15, 0.2) is 0 Å². The Morgan fingerprint density at radius 2 is 1.94 bits per heavy atom. The summed E-state index contributed by atoms with van der Waals surface area (Å²) >= 11 is 2.17. The highest BCUT2D eigenvalue weighted by atomic mass is 127. The number of hydrogen-bond donors (Lipinski definition) is 2. The summed E-state index contributed by atoms with van der Waals surface area (Å²) in [6, 6.07) is 7.08. The Morgan fingerprint density at radius 1 is 1.35 bits per heavy atom. The van der Waals surface area contributed by atoms with E-state index in [2.05, 4.69) is 27.9 Å². The molecule has 1 amide bonds. The van der Waals surface area contributed by atoms with Crippen LogP contribution >= 0.6 is 22.6 Å². The van der Waals surface area contributed by atoms with E-state index in [4.69, 9.17) is 5.11 Å². The monoisotopic (exact) mass is 347 g/mol. The number of amides is 1. The second kappa shape index (κ2) is 6.58. The van der Waals surface area contributed by atoms with E-state index in [1.807, 2.05) is 12.1 Å². The third kappa shape index (κ3) is 5.16. The molecule has 0 bridgehead atoms. The molecule has 1 unspecified atom stereocenters. The standard InChI is InChI=1S/C12H14INO3/c1-8(2-7-11(15)16)14-12(17)9-3-5-10(13)6-4-9/h3-6,8H,2,7H2,1H3,(H,14,17)(H,15,16). The van der Waals surface area contributed by atoms with E-state index in [0.717, 1.165) is 3.57 Å². The van der Waals surface area contributed by atoms with Gasteiger partial charge in [0.25, 0.3) is 5.91 Å². The van der Waals surface area contributed by atoms with Gasteiger partial charge < -0.3 is 10.4 Å². The highest BCUT2D eigenvalue weighted by Gasteiger charge is 2.10. The van der Waals surface area contributed by atoms with Gasteiger partial charge in [-0.05, 0) is 60.2 Å². The number of halogens is 1. The van der Waals surface area contributed by atoms with Crippen molar-refractivity contribution in [1.82, 2.24) is 5.32 Å². The summed E-state index contributed by atoms with van der Waals surface area (Å²) in [6.45, 7) is 1.80. The Hall–Kier alpha value is -1.11. The van der Waals surface area contributed by atoms with E-state index >= 15 is 0 Å². The second-order valence-electron chi connectivity index (χ2n) is 3.81. The van der Waals surface area contributed by atoms with Crippen molar-refractivity contribution in [2.24, 2.45) is 0 Å². The van der Waals surface area contributed by atoms with Crippen LogP contribution in [0.15, 0.2) is 24.3 Å². The number of benzene rings is 1. The Kier molecular flexibility index (Phi) is 5.40. The summed E-state index contributed by atoms with van der Waals surface area (Å²) in [5.41, 5.74) is 0.590. The number of carboxylic acids is 1. The zero-order valence-electron chi connectivity index (χ0n) is 9.44. The number of carbonyl (C=O) groups is 2. The molecule has 17 heavy (non-hydrogen) atoms. The average molecular weight is 347 g/mol. The topological polar surface area (TPSA) is 66.4 Å². The van der Waals surface area contributed by atoms with E-state index in [-0.39, 0.29) is 18.4 Å². The van der Waals surface area contributed by atoms with Crippen molar-refractivity contribution in [3.8, 4) is 0 Å². The van der Waals surface area contributed by atoms with Gasteiger partial charge in [0, 0.05) is 21.6 Å². The average Bonchev–Trinajstić information content (AvgIpc) is 2.27. The SMILES string of the molecule is CC(CCC(=O)O)NC(=O)c1ccc(I)cc1. The summed E-state index contributed by atoms with van der Waals surface area (Å²) in [7, 11) is 0. The van der Waals surface area contributed by atoms with Gasteiger partial charge in [0.05, 0.1) is 0 Å². The van der Waals surface area contributed by atoms with Crippen LogP contribution in [-0.4, -0.2) is 23.0 Å². The molecule has 0 aliphatic carbocycles. The number of carboxylic acid groups (broad SMARTS) is 1. The van der Waals surface area contributed by atoms with Gasteiger partial charge in [-0.1, -0.05) is 0 Å². The molecular weight excluding hydrogens is 333 g/mol. The highest BCUT2D eigenvalue weighted by Crippen LogP contribution is 2.07. The highest BCUT2D eigenvalue weighted by molar-refractivity contribution is 14.1. The first-order valence-electron chi connectivity index (χ1n) is 5.27. The zero-order valence-corrected chi connectivity index (χ0v) is 11.6. The first-order chi connectivity index (χ1) is 7.99. The predicted molar refractivity (Wildman–Crippen MR) is 73.0 cm³/mol. The van der Waals surface area contributed by atoms with Crippen molar-refractivity contribution in [3.05, 3.63) is 33.4 Å². The van der Waals surface area contributed by atoms with Crippen molar-refractivity contribution in [2.45, 2.75) is 25.8 Å². The molecule has 0 aliphatic heterocycles. The first kappa shape index (κ1) is 14.0. The minimum atomic E-state index is -0.847. The van der Waals surface area contributed by atoms with Gasteiger partial charge in [0.2, 0.25) is 0 Å². The molecule has 1 aromatic carbocycles. The predicted octanol–water partition coefficient (Wildman–Crippen LogP) is 2.27. The number of aliphatic carboxylic acids is 1. The summed E-state index contributed by atoms with van der Waals surface area (Å²) in [5.74, 6) is -1.01. The molecule has 0 aliphatic rings. The molecule has 2 N–H and O–H groups in total. The van der Waals surface area contributed by atoms with Crippen LogP contribution in [0.25, 0.3) is 0 Å². The molecule has 1 atom stereocenters. The molecule has 1 rings (SSSR count). The lowest BCUT2D eigenvalue weighted by Crippen LogP contribution is -2.32. The molecular formula is C12H14INO3. The molecule has 0 saturated heterocycles. The molecule has 0 spiro atoms. The molecule has 0 heterocycles. The number of hydrogen-bond acceptors (Lipinski definition) is 2. The van der Waals surface area contributed by atoms with E-state index in [0.29, 0.717) is 12.0 Å². The Balaban J connectivity index is 2.48. The normalized spacial score (nSPS) is 11.9. The maximum absolute atomic E-state index is 11.8. The fourth-order valence-electron chi connectivity index (χ4n) is 1.32. The van der Waals surface area contributed by atoms with E-state index < -0.39 is 5.97 Å². The zero-order chi connectivity index (χ0) is 12.8. The molecule has 4 nitrogen and oxygen atoms in total. The maximum atomic E-state index is 11.8. The van der Waals surface area contributed by atoms with Crippen molar-refractivity contribution >= 4 is 34.5 Å². The van der Waals surface area contributed by atoms with Crippen LogP contribution in [0.4, 0.5) is 0 Å². The van der Waals surface area contributed by atoms with Crippen LogP contribution in [0.5, 0.6) is 0 Å². The lowest BCUT2D eigenvalue weighted by atomic mass is 10.1. The first-order valence-corrected chi connectivity index (χ1v) is 6.35. The van der Waals surface area contributed by atoms with Crippen LogP contribution < -0.4 is 5.32 Å². The molecule has 92 valence electrons. The van der Waals surface area contributed by atoms with Crippen LogP contribution in [0.3, 0.4) is 0 Å². The van der Waals surface area contributed by atoms with Crippen LogP contribution in [-0.2, 0) is 4.79 Å². The van der Waals surface area contributed by atoms with Gasteiger partial charge in [-0.25, -0.2) is 0 Å². The smallest absolute Gasteiger partial charge is 0.303 e. The van der Waals surface area contributed by atoms with Crippen molar-refractivity contribution in [3.63, 3.8) is 0 Å². The number of nitrogens with one attached hydrogen (secondary N) is 1. The second-order valence-corrected chi connectivity index (χ2v) is 5.06. The summed E-state index contributed by atoms with van der Waals surface area (Å²) in [5, 5.41) is 11.3. The number of rotatable bonds is 5. The molecule has 0 aromatic heterocycles. The van der Waals surface area contributed by atoms with Crippen LogP contribution in [0.2, 0.25) is 0 Å². The van der Waals surface area contributed by atoms with Crippen LogP contribution in [0, 0.1) is 3.57 Å². The van der Waals surface area contributed by atoms with Gasteiger partial charge in [-0.15, -0.1) is 0 Å². The third-order valence-electron chi connectivity index (χ3n) is 2.28. The van der Waals surface area contributed by atoms with E-state index in [1.54, 1.807) is 19.1 Å². The number of carbonyl (C=O) groups excluding carboxylic acids is 1. The minimum Gasteiger partial charge on any atom is -0.481 e. The molecule has 0 fully saturated rings. The maximum Gasteiger partial charge on any atom is 0.303 e. The Labute approximate surface area is 114 Å². The fraction of sp³-hybridized carbons (Fsp3) is 0.333. The van der Waals surface area contributed by atoms with Gasteiger partial charge in [-0.3, -0.25) is 9.59 Å². The van der Waals surface area contributed by atoms with E-state index in [9.17, 15) is 9.59 Å². The van der Waals surface area contributed by atoms with Crippen molar-refractivity contribution in [1.29, 1.82) is 0 Å². The van der Waals surface area contributed by atoms with Gasteiger partial charge in [0.1, 0.15) is 0 Å².